The number of nitrogens with zero attached hydrogens (tertiary/aromatic N) is 3. The Labute approximate surface area is 229 Å². The number of hydrogen-bond acceptors (Lipinski definition) is 5. The molecule has 8 heteroatoms. The highest BCUT2D eigenvalue weighted by Gasteiger charge is 2.30. The van der Waals surface area contributed by atoms with Gasteiger partial charge in [-0.2, -0.15) is 0 Å². The Balaban J connectivity index is 1.33. The predicted octanol–water partition coefficient (Wildman–Crippen LogP) is 5.00. The van der Waals surface area contributed by atoms with E-state index in [2.05, 4.69) is 17.1 Å². The monoisotopic (exact) mass is 528 g/mol. The van der Waals surface area contributed by atoms with Gasteiger partial charge in [0.15, 0.2) is 5.76 Å². The minimum absolute atomic E-state index is 0.0209. The third kappa shape index (κ3) is 6.00. The number of rotatable bonds is 7. The number of likely N-dealkylation sites (tertiary alicyclic amines) is 1. The maximum absolute atomic E-state index is 13.7. The van der Waals surface area contributed by atoms with Gasteiger partial charge in [0.05, 0.1) is 17.7 Å². The van der Waals surface area contributed by atoms with E-state index >= 15 is 0 Å². The van der Waals surface area contributed by atoms with Crippen LogP contribution in [0.3, 0.4) is 0 Å². The highest BCUT2D eigenvalue weighted by atomic mass is 16.3. The van der Waals surface area contributed by atoms with E-state index in [1.54, 1.807) is 18.2 Å². The number of amides is 3. The molecule has 1 N–H and O–H groups in total. The molecule has 204 valence electrons. The molecule has 5 rings (SSSR count). The van der Waals surface area contributed by atoms with Gasteiger partial charge in [0.2, 0.25) is 5.91 Å². The third-order valence-electron chi connectivity index (χ3n) is 7.71. The van der Waals surface area contributed by atoms with Crippen molar-refractivity contribution in [2.45, 2.75) is 38.5 Å². The van der Waals surface area contributed by atoms with Gasteiger partial charge in [0, 0.05) is 50.6 Å². The molecule has 39 heavy (non-hydrogen) atoms. The van der Waals surface area contributed by atoms with E-state index in [1.165, 1.54) is 6.26 Å². The van der Waals surface area contributed by atoms with Crippen molar-refractivity contribution in [1.29, 1.82) is 0 Å². The molecule has 0 saturated carbocycles. The molecule has 2 saturated heterocycles. The second-order valence-corrected chi connectivity index (χ2v) is 10.2. The Kier molecular flexibility index (Phi) is 8.30. The normalized spacial score (nSPS) is 16.6. The molecule has 3 amide bonds. The molecule has 0 radical (unpaired) electrons. The van der Waals surface area contributed by atoms with Gasteiger partial charge in [-0.3, -0.25) is 14.4 Å². The fraction of sp³-hybridized carbons (Fsp3) is 0.387. The van der Waals surface area contributed by atoms with Crippen LogP contribution in [0.4, 0.5) is 11.4 Å². The first-order chi connectivity index (χ1) is 19.0. The van der Waals surface area contributed by atoms with E-state index < -0.39 is 0 Å². The second kappa shape index (κ2) is 12.2. The number of benzene rings is 2. The van der Waals surface area contributed by atoms with E-state index in [0.29, 0.717) is 37.4 Å². The SMILES string of the molecule is CC[C@@H](C(=O)N1CCN(c2ccc(NC(=O)c3ccco3)cc2C(=O)N2CCCCC2)CC1)c1ccccc1. The third-order valence-corrected chi connectivity index (χ3v) is 7.71. The van der Waals surface area contributed by atoms with Crippen molar-refractivity contribution in [3.05, 3.63) is 83.8 Å². The molecule has 0 spiro atoms. The van der Waals surface area contributed by atoms with Crippen molar-refractivity contribution < 1.29 is 18.8 Å². The van der Waals surface area contributed by atoms with Crippen LogP contribution < -0.4 is 10.2 Å². The lowest BCUT2D eigenvalue weighted by molar-refractivity contribution is -0.133. The zero-order valence-corrected chi connectivity index (χ0v) is 22.5. The summed E-state index contributed by atoms with van der Waals surface area (Å²) in [5, 5.41) is 2.85. The number of anilines is 2. The van der Waals surface area contributed by atoms with Gasteiger partial charge in [0.25, 0.3) is 11.8 Å². The Morgan fingerprint density at radius 2 is 1.59 bits per heavy atom. The zero-order valence-electron chi connectivity index (χ0n) is 22.5. The second-order valence-electron chi connectivity index (χ2n) is 10.2. The van der Waals surface area contributed by atoms with Gasteiger partial charge in [-0.05, 0) is 61.6 Å². The van der Waals surface area contributed by atoms with Crippen molar-refractivity contribution in [3.63, 3.8) is 0 Å². The average Bonchev–Trinajstić information content (AvgIpc) is 3.54. The first-order valence-electron chi connectivity index (χ1n) is 13.9. The molecule has 0 unspecified atom stereocenters. The lowest BCUT2D eigenvalue weighted by Crippen LogP contribution is -2.50. The van der Waals surface area contributed by atoms with E-state index in [1.807, 2.05) is 52.3 Å². The van der Waals surface area contributed by atoms with Crippen LogP contribution in [0.1, 0.15) is 65.0 Å². The summed E-state index contributed by atoms with van der Waals surface area (Å²) in [6.07, 6.45) is 5.33. The number of nitrogens with one attached hydrogen (secondary N) is 1. The summed E-state index contributed by atoms with van der Waals surface area (Å²) in [6.45, 7) is 5.98. The Morgan fingerprint density at radius 1 is 0.846 bits per heavy atom. The molecule has 8 nitrogen and oxygen atoms in total. The topological polar surface area (TPSA) is 86.1 Å². The highest BCUT2D eigenvalue weighted by molar-refractivity contribution is 6.05. The van der Waals surface area contributed by atoms with Gasteiger partial charge in [-0.25, -0.2) is 0 Å². The Morgan fingerprint density at radius 3 is 2.26 bits per heavy atom. The van der Waals surface area contributed by atoms with Crippen molar-refractivity contribution in [3.8, 4) is 0 Å². The van der Waals surface area contributed by atoms with E-state index in [9.17, 15) is 14.4 Å². The molecule has 3 heterocycles. The fourth-order valence-electron chi connectivity index (χ4n) is 5.56. The van der Waals surface area contributed by atoms with Crippen LogP contribution >= 0.6 is 0 Å². The zero-order chi connectivity index (χ0) is 27.2. The summed E-state index contributed by atoms with van der Waals surface area (Å²) in [7, 11) is 0. The van der Waals surface area contributed by atoms with Crippen LogP contribution in [0.15, 0.2) is 71.3 Å². The Hall–Kier alpha value is -4.07. The van der Waals surface area contributed by atoms with Crippen molar-refractivity contribution in [2.75, 3.05) is 49.5 Å². The summed E-state index contributed by atoms with van der Waals surface area (Å²) in [5.74, 6) is -0.160. The quantitative estimate of drug-likeness (QED) is 0.466. The summed E-state index contributed by atoms with van der Waals surface area (Å²) < 4.78 is 5.21. The average molecular weight is 529 g/mol. The molecule has 1 atom stereocenters. The van der Waals surface area contributed by atoms with Crippen molar-refractivity contribution in [1.82, 2.24) is 9.80 Å². The van der Waals surface area contributed by atoms with Gasteiger partial charge in [-0.15, -0.1) is 0 Å². The predicted molar refractivity (Wildman–Crippen MR) is 151 cm³/mol. The molecule has 0 bridgehead atoms. The van der Waals surface area contributed by atoms with Crippen molar-refractivity contribution in [2.24, 2.45) is 0 Å². The number of furan rings is 1. The molecule has 2 aliphatic rings. The standard InChI is InChI=1S/C31H36N4O4/c1-2-25(23-10-5-3-6-11-23)30(37)35-19-17-33(18-20-35)27-14-13-24(32-29(36)28-12-9-21-39-28)22-26(27)31(38)34-15-7-4-8-16-34/h3,5-6,9-14,21-22,25H,2,4,7-8,15-20H2,1H3,(H,32,36)/t25-/m1/s1. The number of piperidine rings is 1. The van der Waals surface area contributed by atoms with Gasteiger partial charge in [0.1, 0.15) is 0 Å². The van der Waals surface area contributed by atoms with Gasteiger partial charge in [-0.1, -0.05) is 37.3 Å². The summed E-state index contributed by atoms with van der Waals surface area (Å²) in [4.78, 5) is 45.7. The van der Waals surface area contributed by atoms with Crippen LogP contribution in [0.2, 0.25) is 0 Å². The molecule has 0 aliphatic carbocycles. The van der Waals surface area contributed by atoms with Crippen LogP contribution in [-0.2, 0) is 4.79 Å². The highest BCUT2D eigenvalue weighted by Crippen LogP contribution is 2.29. The van der Waals surface area contributed by atoms with Crippen LogP contribution in [0.5, 0.6) is 0 Å². The molecule has 1 aromatic heterocycles. The van der Waals surface area contributed by atoms with E-state index in [4.69, 9.17) is 4.42 Å². The molecule has 2 aromatic carbocycles. The molecular formula is C31H36N4O4. The minimum Gasteiger partial charge on any atom is -0.459 e. The summed E-state index contributed by atoms with van der Waals surface area (Å²) >= 11 is 0. The largest absolute Gasteiger partial charge is 0.459 e. The van der Waals surface area contributed by atoms with Crippen molar-refractivity contribution >= 4 is 29.1 Å². The van der Waals surface area contributed by atoms with E-state index in [-0.39, 0.29) is 29.4 Å². The molecule has 2 aliphatic heterocycles. The molecule has 2 fully saturated rings. The first-order valence-corrected chi connectivity index (χ1v) is 13.9. The lowest BCUT2D eigenvalue weighted by atomic mass is 9.94. The smallest absolute Gasteiger partial charge is 0.291 e. The van der Waals surface area contributed by atoms with Gasteiger partial charge < -0.3 is 24.4 Å². The van der Waals surface area contributed by atoms with Crippen LogP contribution in [-0.4, -0.2) is 66.8 Å². The van der Waals surface area contributed by atoms with Gasteiger partial charge >= 0.3 is 0 Å². The number of carbonyl (C=O) groups excluding carboxylic acids is 3. The maximum atomic E-state index is 13.7. The number of carbonyl (C=O) groups is 3. The lowest BCUT2D eigenvalue weighted by Gasteiger charge is -2.38. The Bertz CT molecular complexity index is 1280. The first kappa shape index (κ1) is 26.5. The molecular weight excluding hydrogens is 492 g/mol. The number of hydrogen-bond donors (Lipinski definition) is 1. The minimum atomic E-state index is -0.361. The maximum Gasteiger partial charge on any atom is 0.291 e. The number of piperazine rings is 1. The fourth-order valence-corrected chi connectivity index (χ4v) is 5.56. The van der Waals surface area contributed by atoms with Crippen LogP contribution in [0.25, 0.3) is 0 Å². The molecule has 3 aromatic rings. The summed E-state index contributed by atoms with van der Waals surface area (Å²) in [6, 6.07) is 18.7. The summed E-state index contributed by atoms with van der Waals surface area (Å²) in [5.41, 5.74) is 3.01. The van der Waals surface area contributed by atoms with E-state index in [0.717, 1.165) is 50.0 Å². The van der Waals surface area contributed by atoms with Crippen LogP contribution in [0, 0.1) is 0 Å².